The summed E-state index contributed by atoms with van der Waals surface area (Å²) in [7, 11) is 0. The van der Waals surface area contributed by atoms with Crippen molar-refractivity contribution in [1.29, 1.82) is 0 Å². The zero-order chi connectivity index (χ0) is 25.9. The van der Waals surface area contributed by atoms with Gasteiger partial charge in [-0.3, -0.25) is 4.79 Å². The van der Waals surface area contributed by atoms with E-state index in [0.717, 1.165) is 10.9 Å². The van der Waals surface area contributed by atoms with Gasteiger partial charge in [0.2, 0.25) is 0 Å². The van der Waals surface area contributed by atoms with Crippen molar-refractivity contribution in [2.45, 2.75) is 12.5 Å². The van der Waals surface area contributed by atoms with E-state index in [0.29, 0.717) is 33.0 Å². The van der Waals surface area contributed by atoms with Crippen LogP contribution >= 0.6 is 11.6 Å². The highest BCUT2D eigenvalue weighted by Crippen LogP contribution is 2.35. The topological polar surface area (TPSA) is 75.3 Å². The Kier molecular flexibility index (Phi) is 7.15. The van der Waals surface area contributed by atoms with Gasteiger partial charge in [0, 0.05) is 35.5 Å². The first kappa shape index (κ1) is 24.8. The Hall–Kier alpha value is -3.84. The average Bonchev–Trinajstić information content (AvgIpc) is 3.31. The number of hydrogen-bond donors (Lipinski definition) is 2. The summed E-state index contributed by atoms with van der Waals surface area (Å²) in [6.07, 6.45) is -1.02. The molecule has 0 spiro atoms. The summed E-state index contributed by atoms with van der Waals surface area (Å²) in [5.74, 6) is -1.25. The van der Waals surface area contributed by atoms with E-state index < -0.39 is 12.0 Å². The minimum atomic E-state index is -0.976. The van der Waals surface area contributed by atoms with E-state index in [-0.39, 0.29) is 24.6 Å². The zero-order valence-corrected chi connectivity index (χ0v) is 20.5. The highest BCUT2D eigenvalue weighted by molar-refractivity contribution is 6.33. The van der Waals surface area contributed by atoms with Crippen LogP contribution in [-0.4, -0.2) is 32.4 Å². The van der Waals surface area contributed by atoms with Gasteiger partial charge in [-0.1, -0.05) is 66.2 Å². The number of rotatable bonds is 8. The summed E-state index contributed by atoms with van der Waals surface area (Å²) in [4.78, 5) is 13.3. The Morgan fingerprint density at radius 1 is 0.946 bits per heavy atom. The molecule has 5 aromatic rings. The molecule has 0 aliphatic rings. The van der Waals surface area contributed by atoms with Gasteiger partial charge in [0.25, 0.3) is 0 Å². The SMILES string of the molecule is O=C(C[C@@H](CO)[C@@H](O)c1ccccc1)c1ccc2c(-c3ccccc3Cl)nn(-c3ccc(F)cc3)c2c1. The molecule has 37 heavy (non-hydrogen) atoms. The number of fused-ring (bicyclic) bond motifs is 1. The van der Waals surface area contributed by atoms with Crippen LogP contribution in [0.25, 0.3) is 27.8 Å². The van der Waals surface area contributed by atoms with Crippen LogP contribution < -0.4 is 0 Å². The first-order chi connectivity index (χ1) is 18.0. The number of Topliss-reactive ketones (excluding diaryl/α,β-unsaturated/α-hetero) is 1. The minimum Gasteiger partial charge on any atom is -0.396 e. The van der Waals surface area contributed by atoms with Gasteiger partial charge in [-0.2, -0.15) is 5.10 Å². The highest BCUT2D eigenvalue weighted by Gasteiger charge is 2.25. The molecule has 0 fully saturated rings. The lowest BCUT2D eigenvalue weighted by atomic mass is 9.90. The fraction of sp³-hybridized carbons (Fsp3) is 0.133. The third-order valence-corrected chi connectivity index (χ3v) is 6.80. The summed E-state index contributed by atoms with van der Waals surface area (Å²) in [6.45, 7) is -0.339. The second-order valence-electron chi connectivity index (χ2n) is 8.87. The van der Waals surface area contributed by atoms with Gasteiger partial charge in [0.05, 0.1) is 22.3 Å². The molecule has 0 aliphatic carbocycles. The lowest BCUT2D eigenvalue weighted by Crippen LogP contribution is -2.20. The lowest BCUT2D eigenvalue weighted by molar-refractivity contribution is 0.0552. The number of carbonyl (C=O) groups excluding carboxylic acids is 1. The summed E-state index contributed by atoms with van der Waals surface area (Å²) >= 11 is 6.47. The monoisotopic (exact) mass is 514 g/mol. The number of ketones is 1. The molecule has 186 valence electrons. The third-order valence-electron chi connectivity index (χ3n) is 6.47. The van der Waals surface area contributed by atoms with E-state index in [1.54, 1.807) is 59.3 Å². The largest absolute Gasteiger partial charge is 0.396 e. The maximum absolute atomic E-state index is 13.6. The fourth-order valence-electron chi connectivity index (χ4n) is 4.47. The van der Waals surface area contributed by atoms with Gasteiger partial charge in [0.1, 0.15) is 11.5 Å². The van der Waals surface area contributed by atoms with Crippen LogP contribution in [0.5, 0.6) is 0 Å². The van der Waals surface area contributed by atoms with Gasteiger partial charge in [-0.25, -0.2) is 9.07 Å². The molecule has 2 N–H and O–H groups in total. The second-order valence-corrected chi connectivity index (χ2v) is 9.28. The number of aliphatic hydroxyl groups is 2. The van der Waals surface area contributed by atoms with E-state index in [1.165, 1.54) is 12.1 Å². The number of halogens is 2. The number of aliphatic hydroxyl groups excluding tert-OH is 2. The van der Waals surface area contributed by atoms with Crippen LogP contribution in [0.2, 0.25) is 5.02 Å². The lowest BCUT2D eigenvalue weighted by Gasteiger charge is -2.20. The van der Waals surface area contributed by atoms with E-state index in [2.05, 4.69) is 0 Å². The maximum atomic E-state index is 13.6. The highest BCUT2D eigenvalue weighted by atomic mass is 35.5. The molecule has 0 saturated carbocycles. The molecular formula is C30H24ClFN2O3. The molecule has 1 aromatic heterocycles. The van der Waals surface area contributed by atoms with Gasteiger partial charge >= 0.3 is 0 Å². The molecular weight excluding hydrogens is 491 g/mol. The van der Waals surface area contributed by atoms with Crippen molar-refractivity contribution in [3.8, 4) is 16.9 Å². The number of benzene rings is 4. The van der Waals surface area contributed by atoms with Crippen LogP contribution in [0.4, 0.5) is 4.39 Å². The van der Waals surface area contributed by atoms with Crippen molar-refractivity contribution in [3.63, 3.8) is 0 Å². The van der Waals surface area contributed by atoms with Crippen LogP contribution in [0.1, 0.15) is 28.4 Å². The Morgan fingerprint density at radius 3 is 2.35 bits per heavy atom. The average molecular weight is 515 g/mol. The molecule has 0 radical (unpaired) electrons. The fourth-order valence-corrected chi connectivity index (χ4v) is 4.70. The normalized spacial score (nSPS) is 13.0. The zero-order valence-electron chi connectivity index (χ0n) is 19.8. The molecule has 4 aromatic carbocycles. The summed E-state index contributed by atoms with van der Waals surface area (Å²) in [5, 5.41) is 26.8. The van der Waals surface area contributed by atoms with Gasteiger partial charge < -0.3 is 10.2 Å². The van der Waals surface area contributed by atoms with E-state index in [9.17, 15) is 19.4 Å². The van der Waals surface area contributed by atoms with Crippen molar-refractivity contribution >= 4 is 28.3 Å². The molecule has 7 heteroatoms. The van der Waals surface area contributed by atoms with Crippen molar-refractivity contribution in [2.75, 3.05) is 6.61 Å². The summed E-state index contributed by atoms with van der Waals surface area (Å²) < 4.78 is 15.3. The Morgan fingerprint density at radius 2 is 1.65 bits per heavy atom. The maximum Gasteiger partial charge on any atom is 0.163 e. The van der Waals surface area contributed by atoms with Crippen molar-refractivity contribution in [2.24, 2.45) is 5.92 Å². The van der Waals surface area contributed by atoms with Crippen molar-refractivity contribution < 1.29 is 19.4 Å². The Labute approximate surface area is 218 Å². The van der Waals surface area contributed by atoms with Crippen LogP contribution in [0, 0.1) is 11.7 Å². The predicted molar refractivity (Wildman–Crippen MR) is 142 cm³/mol. The first-order valence-electron chi connectivity index (χ1n) is 11.9. The standard InChI is InChI=1S/C30H24ClFN2O3/c31-26-9-5-4-8-24(26)29-25-15-10-20(16-27(25)34(33-29)23-13-11-22(32)12-14-23)28(36)17-21(18-35)30(37)19-6-2-1-3-7-19/h1-16,21,30,35,37H,17-18H2/t21-,30-/m0/s1. The van der Waals surface area contributed by atoms with Crippen LogP contribution in [0.3, 0.4) is 0 Å². The molecule has 1 heterocycles. The van der Waals surface area contributed by atoms with Crippen LogP contribution in [-0.2, 0) is 0 Å². The Balaban J connectivity index is 1.55. The number of hydrogen-bond acceptors (Lipinski definition) is 4. The molecule has 5 rings (SSSR count). The predicted octanol–water partition coefficient (Wildman–Crippen LogP) is 6.40. The molecule has 0 amide bonds. The minimum absolute atomic E-state index is 0.0415. The summed E-state index contributed by atoms with van der Waals surface area (Å²) in [6, 6.07) is 27.5. The molecule has 0 unspecified atom stereocenters. The number of nitrogens with zero attached hydrogens (tertiary/aromatic N) is 2. The smallest absolute Gasteiger partial charge is 0.163 e. The molecule has 0 saturated heterocycles. The van der Waals surface area contributed by atoms with Gasteiger partial charge in [-0.15, -0.1) is 0 Å². The van der Waals surface area contributed by atoms with E-state index in [4.69, 9.17) is 16.7 Å². The van der Waals surface area contributed by atoms with Gasteiger partial charge in [-0.05, 0) is 48.0 Å². The number of carbonyl (C=O) groups is 1. The molecule has 2 atom stereocenters. The van der Waals surface area contributed by atoms with Crippen molar-refractivity contribution in [1.82, 2.24) is 9.78 Å². The molecule has 5 nitrogen and oxygen atoms in total. The van der Waals surface area contributed by atoms with Crippen LogP contribution in [0.15, 0.2) is 97.1 Å². The second kappa shape index (κ2) is 10.6. The quantitative estimate of drug-likeness (QED) is 0.235. The van der Waals surface area contributed by atoms with Crippen molar-refractivity contribution in [3.05, 3.63) is 119 Å². The third kappa shape index (κ3) is 5.04. The molecule has 0 bridgehead atoms. The first-order valence-corrected chi connectivity index (χ1v) is 12.2. The van der Waals surface area contributed by atoms with E-state index >= 15 is 0 Å². The molecule has 0 aliphatic heterocycles. The van der Waals surface area contributed by atoms with Gasteiger partial charge in [0.15, 0.2) is 5.78 Å². The number of aromatic nitrogens is 2. The Bertz CT molecular complexity index is 1550. The summed E-state index contributed by atoms with van der Waals surface area (Å²) in [5.41, 5.74) is 3.71. The van der Waals surface area contributed by atoms with E-state index in [1.807, 2.05) is 30.3 Å².